The highest BCUT2D eigenvalue weighted by Crippen LogP contribution is 2.64. The Hall–Kier alpha value is -2.37. The molecule has 6 atom stereocenters. The van der Waals surface area contributed by atoms with E-state index in [1.807, 2.05) is 6.07 Å². The van der Waals surface area contributed by atoms with Crippen molar-refractivity contribution in [2.24, 2.45) is 23.2 Å². The number of esters is 3. The summed E-state index contributed by atoms with van der Waals surface area (Å²) in [5.74, 6) is 1.46. The third kappa shape index (κ3) is 3.85. The first-order valence-corrected chi connectivity index (χ1v) is 11.3. The molecule has 1 aromatic rings. The van der Waals surface area contributed by atoms with Crippen LogP contribution in [0.25, 0.3) is 0 Å². The topological polar surface area (TPSA) is 78.9 Å². The molecule has 0 aromatic heterocycles. The second kappa shape index (κ2) is 7.95. The first-order valence-electron chi connectivity index (χ1n) is 11.3. The van der Waals surface area contributed by atoms with E-state index in [0.717, 1.165) is 43.2 Å². The second-order valence-electron chi connectivity index (χ2n) is 9.88. The third-order valence-electron chi connectivity index (χ3n) is 7.78. The van der Waals surface area contributed by atoms with Crippen LogP contribution in [0.3, 0.4) is 0 Å². The molecule has 0 N–H and O–H groups in total. The summed E-state index contributed by atoms with van der Waals surface area (Å²) in [4.78, 5) is 35.1. The van der Waals surface area contributed by atoms with Gasteiger partial charge in [-0.05, 0) is 67.4 Å². The van der Waals surface area contributed by atoms with E-state index < -0.39 is 5.97 Å². The van der Waals surface area contributed by atoms with Gasteiger partial charge in [0.25, 0.3) is 0 Å². The summed E-state index contributed by atoms with van der Waals surface area (Å²) < 4.78 is 16.7. The molecule has 0 unspecified atom stereocenters. The number of carbonyl (C=O) groups is 3. The number of aryl methyl sites for hydroxylation is 1. The Morgan fingerprint density at radius 1 is 0.968 bits per heavy atom. The summed E-state index contributed by atoms with van der Waals surface area (Å²) in [6.45, 7) is 8.80. The van der Waals surface area contributed by atoms with Crippen molar-refractivity contribution >= 4 is 17.9 Å². The Labute approximate surface area is 183 Å². The van der Waals surface area contributed by atoms with Gasteiger partial charge in [-0.15, -0.1) is 0 Å². The SMILES string of the molecule is CC(=O)Oc1cc2c(c(OC(C)=O)c1)[C@@H]1[C@H](CC2)[C@@H]2CC[C@H](OC(C)=O)[C@@]2(C)C[C@H]1C. The number of hydrogen-bond acceptors (Lipinski definition) is 6. The molecule has 0 bridgehead atoms. The van der Waals surface area contributed by atoms with E-state index in [1.165, 1.54) is 20.8 Å². The lowest BCUT2D eigenvalue weighted by atomic mass is 9.52. The standard InChI is InChI=1S/C25H32O6/c1-13-12-25(5)20(8-9-22(25)31-16(4)28)19-7-6-17-10-18(29-14(2)26)11-21(30-15(3)27)24(17)23(13)19/h10-11,13,19-20,22-23H,6-9,12H2,1-5H3/t13-,19-,20+,22+,23+,25+/m1/s1. The zero-order valence-electron chi connectivity index (χ0n) is 19.0. The van der Waals surface area contributed by atoms with Crippen LogP contribution >= 0.6 is 0 Å². The average Bonchev–Trinajstić information content (AvgIpc) is 2.95. The number of rotatable bonds is 3. The van der Waals surface area contributed by atoms with Crippen LogP contribution in [0, 0.1) is 23.2 Å². The van der Waals surface area contributed by atoms with E-state index >= 15 is 0 Å². The van der Waals surface area contributed by atoms with Gasteiger partial charge in [-0.2, -0.15) is 0 Å². The number of fused-ring (bicyclic) bond motifs is 5. The molecule has 0 heterocycles. The smallest absolute Gasteiger partial charge is 0.308 e. The lowest BCUT2D eigenvalue weighted by Gasteiger charge is -2.53. The van der Waals surface area contributed by atoms with Crippen LogP contribution < -0.4 is 9.47 Å². The largest absolute Gasteiger partial charge is 0.462 e. The van der Waals surface area contributed by atoms with Crippen molar-refractivity contribution in [2.75, 3.05) is 0 Å². The molecule has 0 amide bonds. The number of hydrogen-bond donors (Lipinski definition) is 0. The molecule has 4 rings (SSSR count). The molecule has 168 valence electrons. The van der Waals surface area contributed by atoms with Crippen LogP contribution in [0.5, 0.6) is 11.5 Å². The van der Waals surface area contributed by atoms with Gasteiger partial charge in [-0.1, -0.05) is 13.8 Å². The minimum Gasteiger partial charge on any atom is -0.462 e. The van der Waals surface area contributed by atoms with E-state index in [2.05, 4.69) is 13.8 Å². The number of benzene rings is 1. The molecular weight excluding hydrogens is 396 g/mol. The molecule has 6 heteroatoms. The zero-order valence-corrected chi connectivity index (χ0v) is 19.0. The van der Waals surface area contributed by atoms with Gasteiger partial charge >= 0.3 is 17.9 Å². The van der Waals surface area contributed by atoms with Gasteiger partial charge in [-0.3, -0.25) is 14.4 Å². The normalized spacial score (nSPS) is 33.5. The van der Waals surface area contributed by atoms with Crippen molar-refractivity contribution in [1.29, 1.82) is 0 Å². The fourth-order valence-corrected chi connectivity index (χ4v) is 7.01. The van der Waals surface area contributed by atoms with E-state index in [9.17, 15) is 14.4 Å². The first-order chi connectivity index (χ1) is 14.6. The van der Waals surface area contributed by atoms with Gasteiger partial charge in [0.05, 0.1) is 0 Å². The summed E-state index contributed by atoms with van der Waals surface area (Å²) in [5.41, 5.74) is 2.16. The van der Waals surface area contributed by atoms with Gasteiger partial charge in [0.15, 0.2) is 0 Å². The van der Waals surface area contributed by atoms with Crippen LogP contribution in [0.2, 0.25) is 0 Å². The van der Waals surface area contributed by atoms with Gasteiger partial charge in [0.2, 0.25) is 0 Å². The fraction of sp³-hybridized carbons (Fsp3) is 0.640. The van der Waals surface area contributed by atoms with Crippen molar-refractivity contribution in [3.8, 4) is 11.5 Å². The molecule has 2 saturated carbocycles. The van der Waals surface area contributed by atoms with E-state index in [1.54, 1.807) is 6.07 Å². The van der Waals surface area contributed by atoms with E-state index in [-0.39, 0.29) is 29.4 Å². The minimum absolute atomic E-state index is 0.0248. The molecule has 0 spiro atoms. The third-order valence-corrected chi connectivity index (χ3v) is 7.78. The average molecular weight is 429 g/mol. The second-order valence-corrected chi connectivity index (χ2v) is 9.88. The molecule has 2 fully saturated rings. The van der Waals surface area contributed by atoms with Crippen molar-refractivity contribution in [3.63, 3.8) is 0 Å². The maximum Gasteiger partial charge on any atom is 0.308 e. The van der Waals surface area contributed by atoms with Crippen molar-refractivity contribution in [3.05, 3.63) is 23.3 Å². The Morgan fingerprint density at radius 3 is 2.32 bits per heavy atom. The number of carbonyl (C=O) groups excluding carboxylic acids is 3. The number of ether oxygens (including phenoxy) is 3. The van der Waals surface area contributed by atoms with Gasteiger partial charge in [0, 0.05) is 37.8 Å². The summed E-state index contributed by atoms with van der Waals surface area (Å²) in [6, 6.07) is 3.61. The summed E-state index contributed by atoms with van der Waals surface area (Å²) in [7, 11) is 0. The minimum atomic E-state index is -0.397. The molecule has 0 saturated heterocycles. The van der Waals surface area contributed by atoms with E-state index in [4.69, 9.17) is 14.2 Å². The van der Waals surface area contributed by atoms with Crippen molar-refractivity contribution < 1.29 is 28.6 Å². The molecule has 0 aliphatic heterocycles. The van der Waals surface area contributed by atoms with Crippen LogP contribution in [-0.2, 0) is 25.5 Å². The van der Waals surface area contributed by atoms with Crippen LogP contribution in [0.1, 0.15) is 77.3 Å². The van der Waals surface area contributed by atoms with Crippen LogP contribution in [-0.4, -0.2) is 24.0 Å². The molecular formula is C25H32O6. The summed E-state index contributed by atoms with van der Waals surface area (Å²) in [6.07, 6.45) is 4.76. The van der Waals surface area contributed by atoms with Gasteiger partial charge in [-0.25, -0.2) is 0 Å². The monoisotopic (exact) mass is 428 g/mol. The zero-order chi connectivity index (χ0) is 22.5. The molecule has 3 aliphatic carbocycles. The highest BCUT2D eigenvalue weighted by atomic mass is 16.5. The van der Waals surface area contributed by atoms with Crippen molar-refractivity contribution in [1.82, 2.24) is 0 Å². The predicted molar refractivity (Wildman–Crippen MR) is 114 cm³/mol. The Bertz CT molecular complexity index is 921. The molecule has 0 radical (unpaired) electrons. The Balaban J connectivity index is 1.74. The molecule has 3 aliphatic rings. The summed E-state index contributed by atoms with van der Waals surface area (Å²) >= 11 is 0. The maximum absolute atomic E-state index is 11.9. The van der Waals surface area contributed by atoms with Gasteiger partial charge < -0.3 is 14.2 Å². The molecule has 31 heavy (non-hydrogen) atoms. The Kier molecular flexibility index (Phi) is 5.61. The van der Waals surface area contributed by atoms with Crippen LogP contribution in [0.15, 0.2) is 12.1 Å². The quantitative estimate of drug-likeness (QED) is 0.518. The lowest BCUT2D eigenvalue weighted by Crippen LogP contribution is -2.48. The Morgan fingerprint density at radius 2 is 1.68 bits per heavy atom. The van der Waals surface area contributed by atoms with Crippen LogP contribution in [0.4, 0.5) is 0 Å². The van der Waals surface area contributed by atoms with E-state index in [0.29, 0.717) is 29.3 Å². The highest BCUT2D eigenvalue weighted by Gasteiger charge is 2.58. The molecule has 1 aromatic carbocycles. The fourth-order valence-electron chi connectivity index (χ4n) is 7.01. The maximum atomic E-state index is 11.9. The first kappa shape index (κ1) is 21.8. The predicted octanol–water partition coefficient (Wildman–Crippen LogP) is 4.57. The molecule has 6 nitrogen and oxygen atoms in total. The van der Waals surface area contributed by atoms with Gasteiger partial charge in [0.1, 0.15) is 17.6 Å². The summed E-state index contributed by atoms with van der Waals surface area (Å²) in [5, 5.41) is 0. The highest BCUT2D eigenvalue weighted by molar-refractivity contribution is 5.72. The lowest BCUT2D eigenvalue weighted by molar-refractivity contribution is -0.156. The van der Waals surface area contributed by atoms with Crippen molar-refractivity contribution in [2.45, 2.75) is 78.7 Å².